The highest BCUT2D eigenvalue weighted by atomic mass is 19.1. The van der Waals surface area contributed by atoms with Crippen LogP contribution in [0.3, 0.4) is 0 Å². The molecule has 98 valence electrons. The lowest BCUT2D eigenvalue weighted by Gasteiger charge is -2.07. The second-order valence-electron chi connectivity index (χ2n) is 3.95. The molecule has 1 amide bonds. The minimum absolute atomic E-state index is 0.125. The van der Waals surface area contributed by atoms with E-state index in [-0.39, 0.29) is 16.8 Å². The van der Waals surface area contributed by atoms with E-state index in [4.69, 9.17) is 0 Å². The zero-order valence-electron chi connectivity index (χ0n) is 9.98. The summed E-state index contributed by atoms with van der Waals surface area (Å²) in [6.45, 7) is 0. The predicted molar refractivity (Wildman–Crippen MR) is 66.0 cm³/mol. The third-order valence-corrected chi connectivity index (χ3v) is 2.53. The normalized spacial score (nSPS) is 10.3. The molecule has 6 heteroatoms. The summed E-state index contributed by atoms with van der Waals surface area (Å²) in [6, 6.07) is 5.41. The Morgan fingerprint density at radius 3 is 2.58 bits per heavy atom. The smallest absolute Gasteiger partial charge is 0.257 e. The van der Waals surface area contributed by atoms with Crippen molar-refractivity contribution in [2.45, 2.75) is 0 Å². The predicted octanol–water partition coefficient (Wildman–Crippen LogP) is 1.92. The fourth-order valence-corrected chi connectivity index (χ4v) is 1.51. The SMILES string of the molecule is Cn1cc(C(=O)Nc2ccc(F)cc2F)ccc1=O. The fourth-order valence-electron chi connectivity index (χ4n) is 1.51. The Morgan fingerprint density at radius 2 is 1.95 bits per heavy atom. The van der Waals surface area contributed by atoms with Crippen LogP contribution in [0.25, 0.3) is 0 Å². The number of nitrogens with one attached hydrogen (secondary N) is 1. The van der Waals surface area contributed by atoms with Gasteiger partial charge in [-0.3, -0.25) is 9.59 Å². The molecule has 0 aliphatic heterocycles. The molecule has 0 atom stereocenters. The lowest BCUT2D eigenvalue weighted by molar-refractivity contribution is 0.102. The maximum absolute atomic E-state index is 13.4. The summed E-state index contributed by atoms with van der Waals surface area (Å²) >= 11 is 0. The maximum Gasteiger partial charge on any atom is 0.257 e. The number of nitrogens with zero attached hydrogens (tertiary/aromatic N) is 1. The zero-order valence-corrected chi connectivity index (χ0v) is 9.98. The molecule has 0 unspecified atom stereocenters. The van der Waals surface area contributed by atoms with Crippen LogP contribution in [-0.2, 0) is 7.05 Å². The topological polar surface area (TPSA) is 51.1 Å². The van der Waals surface area contributed by atoms with Gasteiger partial charge in [0.15, 0.2) is 0 Å². The minimum atomic E-state index is -0.863. The molecule has 2 rings (SSSR count). The molecule has 0 aliphatic rings. The van der Waals surface area contributed by atoms with Crippen LogP contribution in [0.5, 0.6) is 0 Å². The van der Waals surface area contributed by atoms with Crippen LogP contribution >= 0.6 is 0 Å². The third-order valence-electron chi connectivity index (χ3n) is 2.53. The van der Waals surface area contributed by atoms with Crippen molar-refractivity contribution in [2.24, 2.45) is 7.05 Å². The first-order valence-electron chi connectivity index (χ1n) is 5.40. The van der Waals surface area contributed by atoms with Gasteiger partial charge in [0.2, 0.25) is 5.56 Å². The Balaban J connectivity index is 2.25. The van der Waals surface area contributed by atoms with Gasteiger partial charge in [0.25, 0.3) is 5.91 Å². The second-order valence-corrected chi connectivity index (χ2v) is 3.95. The van der Waals surface area contributed by atoms with E-state index < -0.39 is 17.5 Å². The van der Waals surface area contributed by atoms with E-state index in [1.165, 1.54) is 29.9 Å². The molecule has 0 radical (unpaired) electrons. The first kappa shape index (κ1) is 12.9. The maximum atomic E-state index is 13.4. The zero-order chi connectivity index (χ0) is 14.0. The number of pyridine rings is 1. The van der Waals surface area contributed by atoms with Crippen LogP contribution in [0.4, 0.5) is 14.5 Å². The first-order valence-corrected chi connectivity index (χ1v) is 5.40. The van der Waals surface area contributed by atoms with Gasteiger partial charge in [0.05, 0.1) is 11.3 Å². The van der Waals surface area contributed by atoms with Gasteiger partial charge in [-0.15, -0.1) is 0 Å². The summed E-state index contributed by atoms with van der Waals surface area (Å²) in [6.07, 6.45) is 1.33. The van der Waals surface area contributed by atoms with Gasteiger partial charge in [0.1, 0.15) is 11.6 Å². The Kier molecular flexibility index (Phi) is 3.41. The van der Waals surface area contributed by atoms with Crippen molar-refractivity contribution in [1.29, 1.82) is 0 Å². The molecule has 19 heavy (non-hydrogen) atoms. The number of halogens is 2. The van der Waals surface area contributed by atoms with Crippen molar-refractivity contribution in [3.63, 3.8) is 0 Å². The number of carbonyl (C=O) groups is 1. The van der Waals surface area contributed by atoms with Gasteiger partial charge in [0, 0.05) is 25.4 Å². The number of aromatic nitrogens is 1. The van der Waals surface area contributed by atoms with Crippen molar-refractivity contribution >= 4 is 11.6 Å². The van der Waals surface area contributed by atoms with Crippen LogP contribution in [-0.4, -0.2) is 10.5 Å². The first-order chi connectivity index (χ1) is 8.97. The van der Waals surface area contributed by atoms with Gasteiger partial charge in [-0.25, -0.2) is 8.78 Å². The summed E-state index contributed by atoms with van der Waals surface area (Å²) < 4.78 is 27.3. The van der Waals surface area contributed by atoms with Crippen molar-refractivity contribution in [2.75, 3.05) is 5.32 Å². The molecule has 1 aromatic carbocycles. The number of hydrogen-bond acceptors (Lipinski definition) is 2. The Bertz CT molecular complexity index is 695. The number of hydrogen-bond donors (Lipinski definition) is 1. The number of rotatable bonds is 2. The lowest BCUT2D eigenvalue weighted by Crippen LogP contribution is -2.19. The van der Waals surface area contributed by atoms with Crippen LogP contribution in [0.2, 0.25) is 0 Å². The van der Waals surface area contributed by atoms with E-state index in [0.717, 1.165) is 12.1 Å². The molecular weight excluding hydrogens is 254 g/mol. The molecule has 0 aliphatic carbocycles. The number of carbonyl (C=O) groups excluding carboxylic acids is 1. The van der Waals surface area contributed by atoms with Crippen LogP contribution in [0.15, 0.2) is 41.3 Å². The largest absolute Gasteiger partial charge is 0.319 e. The summed E-state index contributed by atoms with van der Waals surface area (Å²) in [5.41, 5.74) is -0.185. The highest BCUT2D eigenvalue weighted by Crippen LogP contribution is 2.15. The van der Waals surface area contributed by atoms with Crippen molar-refractivity contribution < 1.29 is 13.6 Å². The summed E-state index contributed by atoms with van der Waals surface area (Å²) in [5.74, 6) is -2.17. The standard InChI is InChI=1S/C13H10F2N2O2/c1-17-7-8(2-5-12(17)18)13(19)16-11-4-3-9(14)6-10(11)15/h2-7H,1H3,(H,16,19). The fraction of sp³-hybridized carbons (Fsp3) is 0.0769. The summed E-state index contributed by atoms with van der Waals surface area (Å²) in [4.78, 5) is 23.0. The van der Waals surface area contributed by atoms with Gasteiger partial charge in [-0.05, 0) is 18.2 Å². The van der Waals surface area contributed by atoms with Gasteiger partial charge in [-0.2, -0.15) is 0 Å². The van der Waals surface area contributed by atoms with Crippen molar-refractivity contribution in [3.05, 3.63) is 64.1 Å². The lowest BCUT2D eigenvalue weighted by atomic mass is 10.2. The molecule has 0 bridgehead atoms. The summed E-state index contributed by atoms with van der Waals surface area (Å²) in [5, 5.41) is 2.30. The molecule has 0 spiro atoms. The molecule has 0 saturated carbocycles. The van der Waals surface area contributed by atoms with E-state index >= 15 is 0 Å². The number of aryl methyl sites for hydroxylation is 1. The van der Waals surface area contributed by atoms with Crippen LogP contribution in [0, 0.1) is 11.6 Å². The van der Waals surface area contributed by atoms with E-state index in [9.17, 15) is 18.4 Å². The minimum Gasteiger partial charge on any atom is -0.319 e. The molecule has 1 aromatic heterocycles. The van der Waals surface area contributed by atoms with Crippen LogP contribution in [0.1, 0.15) is 10.4 Å². The van der Waals surface area contributed by atoms with E-state index in [0.29, 0.717) is 6.07 Å². The summed E-state index contributed by atoms with van der Waals surface area (Å²) in [7, 11) is 1.50. The van der Waals surface area contributed by atoms with E-state index in [2.05, 4.69) is 5.32 Å². The molecular formula is C13H10F2N2O2. The monoisotopic (exact) mass is 264 g/mol. The van der Waals surface area contributed by atoms with Crippen molar-refractivity contribution in [1.82, 2.24) is 4.57 Å². The van der Waals surface area contributed by atoms with Crippen LogP contribution < -0.4 is 10.9 Å². The molecule has 4 nitrogen and oxygen atoms in total. The molecule has 2 aromatic rings. The third kappa shape index (κ3) is 2.85. The van der Waals surface area contributed by atoms with Gasteiger partial charge in [-0.1, -0.05) is 0 Å². The average Bonchev–Trinajstić information content (AvgIpc) is 2.36. The quantitative estimate of drug-likeness (QED) is 0.900. The Morgan fingerprint density at radius 1 is 1.21 bits per heavy atom. The van der Waals surface area contributed by atoms with E-state index in [1.807, 2.05) is 0 Å². The highest BCUT2D eigenvalue weighted by molar-refractivity contribution is 6.04. The average molecular weight is 264 g/mol. The Hall–Kier alpha value is -2.50. The van der Waals surface area contributed by atoms with Gasteiger partial charge >= 0.3 is 0 Å². The molecule has 1 heterocycles. The van der Waals surface area contributed by atoms with E-state index in [1.54, 1.807) is 0 Å². The molecule has 1 N–H and O–H groups in total. The number of benzene rings is 1. The molecule has 0 saturated heterocycles. The molecule has 0 fully saturated rings. The van der Waals surface area contributed by atoms with Gasteiger partial charge < -0.3 is 9.88 Å². The Labute approximate surface area is 107 Å². The second kappa shape index (κ2) is 5.01. The highest BCUT2D eigenvalue weighted by Gasteiger charge is 2.10. The number of anilines is 1. The number of amides is 1. The van der Waals surface area contributed by atoms with Crippen molar-refractivity contribution in [3.8, 4) is 0 Å².